The van der Waals surface area contributed by atoms with Gasteiger partial charge in [0.2, 0.25) is 0 Å². The summed E-state index contributed by atoms with van der Waals surface area (Å²) in [5.74, 6) is 2.01. The highest BCUT2D eigenvalue weighted by Crippen LogP contribution is 2.58. The first-order valence-corrected chi connectivity index (χ1v) is 24.0. The summed E-state index contributed by atoms with van der Waals surface area (Å²) in [4.78, 5) is 10.1. The molecule has 0 aliphatic carbocycles. The molecule has 0 saturated heterocycles. The summed E-state index contributed by atoms with van der Waals surface area (Å²) < 4.78 is 0. The Balaban J connectivity index is 1.15. The second-order valence-electron chi connectivity index (χ2n) is 18.3. The molecule has 2 aliphatic heterocycles. The molecule has 0 amide bonds. The van der Waals surface area contributed by atoms with Crippen molar-refractivity contribution in [3.8, 4) is 22.3 Å². The molecule has 0 radical (unpaired) electrons. The van der Waals surface area contributed by atoms with Crippen molar-refractivity contribution in [3.63, 3.8) is 0 Å². The van der Waals surface area contributed by atoms with Gasteiger partial charge in [-0.15, -0.1) is 0 Å². The first-order valence-electron chi connectivity index (χ1n) is 24.0. The Labute approximate surface area is 407 Å². The fourth-order valence-electron chi connectivity index (χ4n) is 10.8. The van der Waals surface area contributed by atoms with Gasteiger partial charge >= 0.3 is 0 Å². The molecule has 0 aromatic heterocycles. The van der Waals surface area contributed by atoms with E-state index in [1.54, 1.807) is 0 Å². The number of benzene rings is 12. The summed E-state index contributed by atoms with van der Waals surface area (Å²) in [5.41, 5.74) is 13.2. The first-order chi connectivity index (χ1) is 34.7. The van der Waals surface area contributed by atoms with Crippen molar-refractivity contribution in [3.05, 3.63) is 279 Å². The van der Waals surface area contributed by atoms with E-state index < -0.39 is 0 Å². The molecule has 70 heavy (non-hydrogen) atoms. The zero-order chi connectivity index (χ0) is 46.1. The first kappa shape index (κ1) is 39.8. The van der Waals surface area contributed by atoms with Gasteiger partial charge in [0.15, 0.2) is 11.6 Å². The fourth-order valence-corrected chi connectivity index (χ4v) is 10.8. The minimum atomic E-state index is 1.00. The summed E-state index contributed by atoms with van der Waals surface area (Å²) in [6, 6.07) is 97.9. The van der Waals surface area contributed by atoms with Crippen LogP contribution in [0, 0.1) is 0 Å². The lowest BCUT2D eigenvalue weighted by atomic mass is 10.0. The van der Waals surface area contributed by atoms with E-state index in [2.05, 4.69) is 287 Å². The van der Waals surface area contributed by atoms with E-state index in [9.17, 15) is 0 Å². The number of rotatable bonds is 6. The van der Waals surface area contributed by atoms with E-state index in [1.807, 2.05) is 0 Å². The maximum absolute atomic E-state index is 2.52. The Hall–Kier alpha value is -9.38. The van der Waals surface area contributed by atoms with Crippen LogP contribution in [0.15, 0.2) is 279 Å². The average molecular weight is 893 g/mol. The van der Waals surface area contributed by atoms with Gasteiger partial charge in [0, 0.05) is 22.7 Å². The van der Waals surface area contributed by atoms with Gasteiger partial charge in [0.25, 0.3) is 0 Å². The highest BCUT2D eigenvalue weighted by atomic mass is 15.5. The Morgan fingerprint density at radius 2 is 0.443 bits per heavy atom. The molecule has 0 fully saturated rings. The number of nitrogens with zero attached hydrogens (tertiary/aromatic N) is 4. The molecular weight excluding hydrogens is 849 g/mol. The number of anilines is 8. The van der Waals surface area contributed by atoms with Crippen LogP contribution in [-0.4, -0.2) is 0 Å². The zero-order valence-corrected chi connectivity index (χ0v) is 38.2. The topological polar surface area (TPSA) is 13.0 Å². The van der Waals surface area contributed by atoms with Crippen molar-refractivity contribution < 1.29 is 0 Å². The molecule has 0 bridgehead atoms. The van der Waals surface area contributed by atoms with Gasteiger partial charge in [0.1, 0.15) is 0 Å². The van der Waals surface area contributed by atoms with E-state index >= 15 is 0 Å². The maximum atomic E-state index is 2.52. The van der Waals surface area contributed by atoms with Crippen LogP contribution >= 0.6 is 0 Å². The van der Waals surface area contributed by atoms with Crippen LogP contribution in [0.2, 0.25) is 0 Å². The van der Waals surface area contributed by atoms with Crippen LogP contribution in [0.4, 0.5) is 45.5 Å². The molecule has 14 rings (SSSR count). The number of hydrogen-bond donors (Lipinski definition) is 0. The van der Waals surface area contributed by atoms with E-state index in [0.29, 0.717) is 0 Å². The van der Waals surface area contributed by atoms with E-state index in [1.165, 1.54) is 54.2 Å². The van der Waals surface area contributed by atoms with Crippen LogP contribution in [0.1, 0.15) is 0 Å². The molecular formula is C66H44N4. The van der Waals surface area contributed by atoms with Crippen molar-refractivity contribution in [2.75, 3.05) is 19.6 Å². The average Bonchev–Trinajstić information content (AvgIpc) is 3.95. The van der Waals surface area contributed by atoms with Crippen molar-refractivity contribution in [2.45, 2.75) is 0 Å². The molecule has 2 heterocycles. The maximum Gasteiger partial charge on any atom is 0.166 e. The van der Waals surface area contributed by atoms with Crippen LogP contribution in [0.5, 0.6) is 0 Å². The molecule has 0 unspecified atom stereocenters. The van der Waals surface area contributed by atoms with Gasteiger partial charge in [-0.2, -0.15) is 0 Å². The van der Waals surface area contributed by atoms with E-state index in [4.69, 9.17) is 0 Å². The second-order valence-corrected chi connectivity index (χ2v) is 18.3. The summed E-state index contributed by atoms with van der Waals surface area (Å²) >= 11 is 0. The summed E-state index contributed by atoms with van der Waals surface area (Å²) in [6.07, 6.45) is 0. The third-order valence-corrected chi connectivity index (χ3v) is 14.1. The highest BCUT2D eigenvalue weighted by Gasteiger charge is 2.45. The highest BCUT2D eigenvalue weighted by molar-refractivity contribution is 6.05. The number of fused-ring (bicyclic) bond motifs is 6. The Kier molecular flexibility index (Phi) is 9.17. The van der Waals surface area contributed by atoms with Crippen molar-refractivity contribution in [1.29, 1.82) is 0 Å². The fraction of sp³-hybridized carbons (Fsp3) is 0. The lowest BCUT2D eigenvalue weighted by molar-refractivity contribution is 1.01. The zero-order valence-electron chi connectivity index (χ0n) is 38.2. The van der Waals surface area contributed by atoms with E-state index in [-0.39, 0.29) is 0 Å². The Morgan fingerprint density at radius 3 is 0.757 bits per heavy atom. The lowest BCUT2D eigenvalue weighted by Gasteiger charge is -2.34. The van der Waals surface area contributed by atoms with Crippen LogP contribution in [-0.2, 0) is 0 Å². The van der Waals surface area contributed by atoms with Crippen LogP contribution in [0.25, 0.3) is 65.3 Å². The van der Waals surface area contributed by atoms with Gasteiger partial charge in [0.05, 0.1) is 22.7 Å². The molecule has 328 valence electrons. The second kappa shape index (κ2) is 16.2. The smallest absolute Gasteiger partial charge is 0.166 e. The molecule has 0 N–H and O–H groups in total. The molecule has 2 aliphatic rings. The Morgan fingerprint density at radius 1 is 0.171 bits per heavy atom. The van der Waals surface area contributed by atoms with Gasteiger partial charge in [-0.25, -0.2) is 0 Å². The third kappa shape index (κ3) is 6.53. The molecule has 0 atom stereocenters. The van der Waals surface area contributed by atoms with E-state index in [0.717, 1.165) is 68.3 Å². The van der Waals surface area contributed by atoms with Crippen molar-refractivity contribution >= 4 is 88.6 Å². The predicted molar refractivity (Wildman–Crippen MR) is 295 cm³/mol. The largest absolute Gasteiger partial charge is 0.291 e. The van der Waals surface area contributed by atoms with Crippen LogP contribution in [0.3, 0.4) is 0 Å². The number of hydrogen-bond acceptors (Lipinski definition) is 4. The normalized spacial score (nSPS) is 14.3. The standard InChI is InChI=1S/C66H44N4/c1-3-15-45(16-4-1)55-31-37-61-63(43-55)69(59-35-29-49-21-9-13-25-53(49)41-59)65(67(61)57-33-27-47-19-7-11-23-51(47)39-57)66-68(58-34-28-48-20-8-12-24-52(48)40-58)62-38-32-56(46-17-5-2-6-18-46)44-64(62)70(66)60-36-30-50-22-10-14-26-54(50)42-60/h1-44H/b66-65+. The SMILES string of the molecule is c1ccc(-c2ccc3c(c2)N(c2ccc4ccccc4c2)/C(=C2\N(c4ccc5ccccc5c4)c4ccc(-c5ccccc5)cc4N2c2ccc4ccccc4c2)N3c2ccc3ccccc3c2)cc1. The van der Waals surface area contributed by atoms with Crippen LogP contribution < -0.4 is 19.6 Å². The quantitative estimate of drug-likeness (QED) is 0.165. The lowest BCUT2D eigenvalue weighted by Crippen LogP contribution is -2.33. The molecule has 0 spiro atoms. The molecule has 12 aromatic rings. The Bertz CT molecular complexity index is 3780. The monoisotopic (exact) mass is 892 g/mol. The summed E-state index contributed by atoms with van der Waals surface area (Å²) in [5, 5.41) is 9.49. The van der Waals surface area contributed by atoms with Crippen molar-refractivity contribution in [1.82, 2.24) is 0 Å². The molecule has 4 heteroatoms. The van der Waals surface area contributed by atoms with Gasteiger partial charge in [-0.3, -0.25) is 19.6 Å². The van der Waals surface area contributed by atoms with Crippen molar-refractivity contribution in [2.24, 2.45) is 0 Å². The van der Waals surface area contributed by atoms with Gasteiger partial charge < -0.3 is 0 Å². The van der Waals surface area contributed by atoms with Gasteiger partial charge in [-0.1, -0.05) is 194 Å². The summed E-state index contributed by atoms with van der Waals surface area (Å²) in [7, 11) is 0. The molecule has 0 saturated carbocycles. The third-order valence-electron chi connectivity index (χ3n) is 14.1. The molecule has 12 aromatic carbocycles. The van der Waals surface area contributed by atoms with Gasteiger partial charge in [-0.05, 0) is 138 Å². The minimum absolute atomic E-state index is 1.00. The predicted octanol–water partition coefficient (Wildman–Crippen LogP) is 18.0. The minimum Gasteiger partial charge on any atom is -0.291 e. The summed E-state index contributed by atoms with van der Waals surface area (Å²) in [6.45, 7) is 0. The molecule has 4 nitrogen and oxygen atoms in total.